The van der Waals surface area contributed by atoms with Crippen LogP contribution < -0.4 is 5.32 Å². The molecule has 0 aromatic heterocycles. The summed E-state index contributed by atoms with van der Waals surface area (Å²) in [5, 5.41) is 3.51. The number of likely N-dealkylation sites (tertiary alicyclic amines) is 1. The molecule has 2 atom stereocenters. The summed E-state index contributed by atoms with van der Waals surface area (Å²) in [7, 11) is 0. The standard InChI is InChI=1S/C25H40N4O2/c1-3-26-25(29-14-16-31-24(19-29)23-9-6-15-30-23)27-17-21-7-4-5-8-22(21)18-28-12-10-20(2)11-13-28/h4-5,7-8,20,23-24H,3,6,9-19H2,1-2H3,(H,26,27). The van der Waals surface area contributed by atoms with E-state index in [-0.39, 0.29) is 12.2 Å². The van der Waals surface area contributed by atoms with Gasteiger partial charge >= 0.3 is 0 Å². The zero-order chi connectivity index (χ0) is 21.5. The molecule has 0 amide bonds. The molecule has 3 aliphatic heterocycles. The molecule has 0 saturated carbocycles. The first-order chi connectivity index (χ1) is 15.2. The van der Waals surface area contributed by atoms with Gasteiger partial charge in [-0.3, -0.25) is 4.90 Å². The van der Waals surface area contributed by atoms with Gasteiger partial charge in [0.1, 0.15) is 6.10 Å². The Morgan fingerprint density at radius 1 is 1.03 bits per heavy atom. The fourth-order valence-corrected chi connectivity index (χ4v) is 4.90. The molecule has 0 aliphatic carbocycles. The van der Waals surface area contributed by atoms with E-state index in [0.29, 0.717) is 6.54 Å². The summed E-state index contributed by atoms with van der Waals surface area (Å²) in [5.74, 6) is 1.86. The zero-order valence-corrected chi connectivity index (χ0v) is 19.4. The number of aliphatic imine (C=N–C) groups is 1. The van der Waals surface area contributed by atoms with Crippen molar-refractivity contribution in [3.05, 3.63) is 35.4 Å². The number of ether oxygens (including phenoxy) is 2. The van der Waals surface area contributed by atoms with E-state index in [1.54, 1.807) is 0 Å². The maximum atomic E-state index is 6.04. The van der Waals surface area contributed by atoms with E-state index < -0.39 is 0 Å². The maximum Gasteiger partial charge on any atom is 0.194 e. The van der Waals surface area contributed by atoms with Crippen LogP contribution in [0.5, 0.6) is 0 Å². The third-order valence-corrected chi connectivity index (χ3v) is 6.90. The van der Waals surface area contributed by atoms with E-state index in [2.05, 4.69) is 53.2 Å². The van der Waals surface area contributed by atoms with Gasteiger partial charge in [-0.05, 0) is 62.7 Å². The van der Waals surface area contributed by atoms with Gasteiger partial charge in [0.25, 0.3) is 0 Å². The van der Waals surface area contributed by atoms with Crippen LogP contribution in [0.3, 0.4) is 0 Å². The van der Waals surface area contributed by atoms with Gasteiger partial charge in [0.15, 0.2) is 5.96 Å². The number of morpholine rings is 1. The van der Waals surface area contributed by atoms with Crippen LogP contribution in [0.15, 0.2) is 29.3 Å². The molecule has 0 radical (unpaired) electrons. The lowest BCUT2D eigenvalue weighted by Crippen LogP contribution is -2.53. The molecule has 0 bridgehead atoms. The molecule has 3 heterocycles. The molecule has 0 spiro atoms. The van der Waals surface area contributed by atoms with E-state index in [9.17, 15) is 0 Å². The quantitative estimate of drug-likeness (QED) is 0.557. The van der Waals surface area contributed by atoms with Crippen molar-refractivity contribution >= 4 is 5.96 Å². The fraction of sp³-hybridized carbons (Fsp3) is 0.720. The van der Waals surface area contributed by atoms with Crippen molar-refractivity contribution in [1.29, 1.82) is 0 Å². The van der Waals surface area contributed by atoms with Crippen molar-refractivity contribution in [2.24, 2.45) is 10.9 Å². The van der Waals surface area contributed by atoms with Gasteiger partial charge in [0.05, 0.1) is 19.3 Å². The molecule has 4 rings (SSSR count). The zero-order valence-electron chi connectivity index (χ0n) is 19.4. The van der Waals surface area contributed by atoms with Crippen LogP contribution in [0.2, 0.25) is 0 Å². The van der Waals surface area contributed by atoms with Crippen molar-refractivity contribution < 1.29 is 9.47 Å². The second-order valence-electron chi connectivity index (χ2n) is 9.30. The third kappa shape index (κ3) is 6.21. The van der Waals surface area contributed by atoms with Gasteiger partial charge in [-0.25, -0.2) is 4.99 Å². The van der Waals surface area contributed by atoms with E-state index >= 15 is 0 Å². The number of nitrogens with one attached hydrogen (secondary N) is 1. The first-order valence-corrected chi connectivity index (χ1v) is 12.3. The van der Waals surface area contributed by atoms with Crippen LogP contribution in [-0.4, -0.2) is 73.9 Å². The lowest BCUT2D eigenvalue weighted by atomic mass is 9.98. The molecule has 2 unspecified atom stereocenters. The van der Waals surface area contributed by atoms with Gasteiger partial charge in [-0.1, -0.05) is 31.2 Å². The van der Waals surface area contributed by atoms with Crippen molar-refractivity contribution in [2.75, 3.05) is 45.9 Å². The molecule has 6 heteroatoms. The number of benzene rings is 1. The lowest BCUT2D eigenvalue weighted by Gasteiger charge is -2.37. The first-order valence-electron chi connectivity index (χ1n) is 12.3. The van der Waals surface area contributed by atoms with Gasteiger partial charge < -0.3 is 19.7 Å². The predicted molar refractivity (Wildman–Crippen MR) is 125 cm³/mol. The topological polar surface area (TPSA) is 49.3 Å². The lowest BCUT2D eigenvalue weighted by molar-refractivity contribution is -0.0817. The number of rotatable bonds is 6. The van der Waals surface area contributed by atoms with E-state index in [1.165, 1.54) is 37.1 Å². The second kappa shape index (κ2) is 11.3. The molecule has 1 aromatic carbocycles. The summed E-state index contributed by atoms with van der Waals surface area (Å²) in [4.78, 5) is 10.0. The second-order valence-corrected chi connectivity index (χ2v) is 9.30. The van der Waals surface area contributed by atoms with Crippen molar-refractivity contribution in [3.63, 3.8) is 0 Å². The fourth-order valence-electron chi connectivity index (χ4n) is 4.90. The summed E-state index contributed by atoms with van der Waals surface area (Å²) in [6.45, 7) is 12.9. The number of hydrogen-bond donors (Lipinski definition) is 1. The summed E-state index contributed by atoms with van der Waals surface area (Å²) in [5.41, 5.74) is 2.75. The highest BCUT2D eigenvalue weighted by Gasteiger charge is 2.32. The molecule has 6 nitrogen and oxygen atoms in total. The van der Waals surface area contributed by atoms with E-state index in [4.69, 9.17) is 14.5 Å². The van der Waals surface area contributed by atoms with Gasteiger partial charge in [0, 0.05) is 32.8 Å². The Morgan fingerprint density at radius 2 is 1.81 bits per heavy atom. The van der Waals surface area contributed by atoms with E-state index in [0.717, 1.165) is 64.1 Å². The molecular weight excluding hydrogens is 388 g/mol. The van der Waals surface area contributed by atoms with Crippen LogP contribution >= 0.6 is 0 Å². The summed E-state index contributed by atoms with van der Waals surface area (Å²) < 4.78 is 11.9. The van der Waals surface area contributed by atoms with Crippen LogP contribution in [0.1, 0.15) is 50.7 Å². The normalized spacial score (nSPS) is 26.4. The minimum Gasteiger partial charge on any atom is -0.375 e. The SMILES string of the molecule is CCNC(=NCc1ccccc1CN1CCC(C)CC1)N1CCOC(C2CCCO2)C1. The Kier molecular flexibility index (Phi) is 8.22. The summed E-state index contributed by atoms with van der Waals surface area (Å²) in [6, 6.07) is 8.82. The summed E-state index contributed by atoms with van der Waals surface area (Å²) >= 11 is 0. The first kappa shape index (κ1) is 22.6. The number of piperidine rings is 1. The van der Waals surface area contributed by atoms with Crippen LogP contribution in [0.4, 0.5) is 0 Å². The number of hydrogen-bond acceptors (Lipinski definition) is 4. The van der Waals surface area contributed by atoms with Crippen molar-refractivity contribution in [3.8, 4) is 0 Å². The van der Waals surface area contributed by atoms with Gasteiger partial charge in [0.2, 0.25) is 0 Å². The van der Waals surface area contributed by atoms with Crippen molar-refractivity contribution in [1.82, 2.24) is 15.1 Å². The number of nitrogens with zero attached hydrogens (tertiary/aromatic N) is 3. The molecule has 31 heavy (non-hydrogen) atoms. The number of guanidine groups is 1. The van der Waals surface area contributed by atoms with E-state index in [1.807, 2.05) is 0 Å². The molecule has 3 fully saturated rings. The Bertz CT molecular complexity index is 711. The maximum absolute atomic E-state index is 6.04. The average molecular weight is 429 g/mol. The summed E-state index contributed by atoms with van der Waals surface area (Å²) in [6.07, 6.45) is 5.26. The van der Waals surface area contributed by atoms with Crippen LogP contribution in [0.25, 0.3) is 0 Å². The monoisotopic (exact) mass is 428 g/mol. The highest BCUT2D eigenvalue weighted by molar-refractivity contribution is 5.80. The average Bonchev–Trinajstić information content (AvgIpc) is 3.34. The molecule has 1 N–H and O–H groups in total. The Balaban J connectivity index is 1.41. The molecule has 172 valence electrons. The minimum atomic E-state index is 0.147. The molecule has 3 aliphatic rings. The van der Waals surface area contributed by atoms with Crippen LogP contribution in [0, 0.1) is 5.92 Å². The molecular formula is C25H40N4O2. The largest absolute Gasteiger partial charge is 0.375 e. The Hall–Kier alpha value is -1.63. The highest BCUT2D eigenvalue weighted by atomic mass is 16.5. The smallest absolute Gasteiger partial charge is 0.194 e. The minimum absolute atomic E-state index is 0.147. The molecule has 3 saturated heterocycles. The predicted octanol–water partition coefficient (Wildman–Crippen LogP) is 3.26. The van der Waals surface area contributed by atoms with Crippen molar-refractivity contribution in [2.45, 2.75) is 64.8 Å². The van der Waals surface area contributed by atoms with Gasteiger partial charge in [-0.15, -0.1) is 0 Å². The highest BCUT2D eigenvalue weighted by Crippen LogP contribution is 2.22. The molecule has 1 aromatic rings. The van der Waals surface area contributed by atoms with Gasteiger partial charge in [-0.2, -0.15) is 0 Å². The van der Waals surface area contributed by atoms with Crippen LogP contribution in [-0.2, 0) is 22.6 Å². The third-order valence-electron chi connectivity index (χ3n) is 6.90. The Labute approximate surface area is 188 Å². The Morgan fingerprint density at radius 3 is 2.55 bits per heavy atom.